The number of fused-ring (bicyclic) bond motifs is 2. The Morgan fingerprint density at radius 3 is 2.67 bits per heavy atom. The molecule has 2 heterocycles. The van der Waals surface area contributed by atoms with Crippen LogP contribution in [0.4, 0.5) is 0 Å². The van der Waals surface area contributed by atoms with Gasteiger partial charge in [0.25, 0.3) is 0 Å². The normalized spacial score (nSPS) is 23.1. The summed E-state index contributed by atoms with van der Waals surface area (Å²) in [5, 5.41) is 8.56. The van der Waals surface area contributed by atoms with Crippen LogP contribution >= 0.6 is 10.8 Å². The van der Waals surface area contributed by atoms with Crippen LogP contribution in [0.15, 0.2) is 30.3 Å². The van der Waals surface area contributed by atoms with E-state index >= 15 is 0 Å². The summed E-state index contributed by atoms with van der Waals surface area (Å²) in [4.78, 5) is 12.8. The van der Waals surface area contributed by atoms with Crippen LogP contribution in [0.1, 0.15) is 79.2 Å². The minimum atomic E-state index is -2.83. The third-order valence-corrected chi connectivity index (χ3v) is 10.8. The van der Waals surface area contributed by atoms with E-state index in [-0.39, 0.29) is 18.3 Å². The van der Waals surface area contributed by atoms with Gasteiger partial charge in [-0.05, 0) is 79.3 Å². The number of aromatic nitrogens is 3. The van der Waals surface area contributed by atoms with Crippen molar-refractivity contribution in [2.45, 2.75) is 71.8 Å². The number of aryl methyl sites for hydroxylation is 3. The number of carbonyl (C=O) groups excluding carboxylic acids is 1. The first kappa shape index (κ1) is 28.1. The second-order valence-electron chi connectivity index (χ2n) is 11.4. The van der Waals surface area contributed by atoms with Gasteiger partial charge in [-0.15, -0.1) is 15.9 Å². The molecule has 3 unspecified atom stereocenters. The number of hydrogen-bond acceptors (Lipinski definition) is 7. The van der Waals surface area contributed by atoms with Crippen molar-refractivity contribution in [3.05, 3.63) is 58.1 Å². The zero-order chi connectivity index (χ0) is 27.7. The summed E-state index contributed by atoms with van der Waals surface area (Å²) < 4.78 is 31.4. The largest absolute Gasteiger partial charge is 0.466 e. The van der Waals surface area contributed by atoms with Crippen molar-refractivity contribution in [2.75, 3.05) is 18.9 Å². The van der Waals surface area contributed by atoms with Gasteiger partial charge in [0.05, 0.1) is 24.3 Å². The second-order valence-corrected chi connectivity index (χ2v) is 13.5. The van der Waals surface area contributed by atoms with Gasteiger partial charge >= 0.3 is 5.97 Å². The highest BCUT2D eigenvalue weighted by molar-refractivity contribution is 8.22. The lowest BCUT2D eigenvalue weighted by molar-refractivity contribution is -0.143. The third kappa shape index (κ3) is 5.87. The van der Waals surface area contributed by atoms with Gasteiger partial charge in [-0.1, -0.05) is 48.7 Å². The van der Waals surface area contributed by atoms with Crippen LogP contribution in [0.25, 0.3) is 11.0 Å². The van der Waals surface area contributed by atoms with Crippen molar-refractivity contribution in [3.8, 4) is 0 Å². The fourth-order valence-electron chi connectivity index (χ4n) is 6.58. The predicted octanol–water partition coefficient (Wildman–Crippen LogP) is 6.35. The average molecular weight is 555 g/mol. The molecule has 1 saturated carbocycles. The van der Waals surface area contributed by atoms with Crippen LogP contribution in [-0.2, 0) is 23.1 Å². The Bertz CT molecular complexity index is 1340. The molecule has 2 aliphatic rings. The first-order valence-corrected chi connectivity index (χ1v) is 15.9. The van der Waals surface area contributed by atoms with Crippen LogP contribution in [0, 0.1) is 25.7 Å². The van der Waals surface area contributed by atoms with E-state index in [1.54, 1.807) is 4.68 Å². The molecular formula is C30H42N4O4S. The highest BCUT2D eigenvalue weighted by Gasteiger charge is 2.36. The van der Waals surface area contributed by atoms with E-state index in [0.29, 0.717) is 30.7 Å². The quantitative estimate of drug-likeness (QED) is 0.328. The molecule has 2 N–H and O–H groups in total. The molecule has 1 aliphatic heterocycles. The monoisotopic (exact) mass is 554 g/mol. The Hall–Kier alpha value is -2.46. The third-order valence-electron chi connectivity index (χ3n) is 8.93. The molecule has 2 fully saturated rings. The summed E-state index contributed by atoms with van der Waals surface area (Å²) in [6, 6.07) is 10.4. The van der Waals surface area contributed by atoms with Crippen molar-refractivity contribution in [2.24, 2.45) is 18.9 Å². The Morgan fingerprint density at radius 1 is 1.13 bits per heavy atom. The molecule has 8 nitrogen and oxygen atoms in total. The summed E-state index contributed by atoms with van der Waals surface area (Å²) >= 11 is 0. The Morgan fingerprint density at radius 2 is 1.90 bits per heavy atom. The number of esters is 1. The van der Waals surface area contributed by atoms with E-state index in [1.807, 2.05) is 31.3 Å². The van der Waals surface area contributed by atoms with Crippen LogP contribution < -0.4 is 0 Å². The molecule has 3 aromatic rings. The molecule has 1 aromatic heterocycles. The summed E-state index contributed by atoms with van der Waals surface area (Å²) in [6.45, 7) is 7.48. The van der Waals surface area contributed by atoms with Crippen molar-refractivity contribution < 1.29 is 18.6 Å². The minimum absolute atomic E-state index is 0.214. The maximum atomic E-state index is 12.8. The molecule has 0 bridgehead atoms. The standard InChI is InChI=1S/C30H42N4O4S/c1-5-38-29(35)17-27(26-12-13-28-30(21(26)3)31-32-33(28)4)23-11-10-20(2)25(16-23)19-34-18-24-9-7-6-8-22(24)14-15-39(34,36)37/h10-13,16,22,24,27,36-37H,5-9,14-15,17-19H2,1-4H3. The van der Waals surface area contributed by atoms with E-state index in [0.717, 1.165) is 51.8 Å². The lowest BCUT2D eigenvalue weighted by Gasteiger charge is -2.42. The molecule has 1 aliphatic carbocycles. The summed E-state index contributed by atoms with van der Waals surface area (Å²) in [5.74, 6) is 1.11. The zero-order valence-electron chi connectivity index (χ0n) is 23.6. The van der Waals surface area contributed by atoms with Gasteiger partial charge < -0.3 is 4.74 Å². The zero-order valence-corrected chi connectivity index (χ0v) is 24.4. The van der Waals surface area contributed by atoms with Crippen LogP contribution in [0.5, 0.6) is 0 Å². The van der Waals surface area contributed by atoms with E-state index in [4.69, 9.17) is 4.74 Å². The maximum Gasteiger partial charge on any atom is 0.306 e. The van der Waals surface area contributed by atoms with Crippen molar-refractivity contribution in [3.63, 3.8) is 0 Å². The Labute approximate surface area is 233 Å². The van der Waals surface area contributed by atoms with Gasteiger partial charge in [0.2, 0.25) is 0 Å². The number of hydrogen-bond donors (Lipinski definition) is 2. The first-order valence-electron chi connectivity index (χ1n) is 14.2. The van der Waals surface area contributed by atoms with Gasteiger partial charge in [0.1, 0.15) is 5.52 Å². The van der Waals surface area contributed by atoms with Crippen molar-refractivity contribution >= 4 is 27.8 Å². The minimum Gasteiger partial charge on any atom is -0.466 e. The lowest BCUT2D eigenvalue weighted by atomic mass is 9.78. The Kier molecular flexibility index (Phi) is 8.33. The summed E-state index contributed by atoms with van der Waals surface area (Å²) in [7, 11) is -0.957. The first-order chi connectivity index (χ1) is 18.7. The summed E-state index contributed by atoms with van der Waals surface area (Å²) in [5.41, 5.74) is 6.98. The molecule has 2 aromatic carbocycles. The highest BCUT2D eigenvalue weighted by Crippen LogP contribution is 2.51. The predicted molar refractivity (Wildman–Crippen MR) is 156 cm³/mol. The van der Waals surface area contributed by atoms with Gasteiger partial charge in [-0.25, -0.2) is 8.99 Å². The molecular weight excluding hydrogens is 512 g/mol. The molecule has 9 heteroatoms. The smallest absolute Gasteiger partial charge is 0.306 e. The summed E-state index contributed by atoms with van der Waals surface area (Å²) in [6.07, 6.45) is 5.96. The van der Waals surface area contributed by atoms with Gasteiger partial charge in [0, 0.05) is 26.1 Å². The molecule has 0 radical (unpaired) electrons. The molecule has 0 spiro atoms. The Balaban J connectivity index is 1.50. The van der Waals surface area contributed by atoms with E-state index in [1.165, 1.54) is 25.7 Å². The molecule has 212 valence electrons. The molecule has 3 atom stereocenters. The van der Waals surface area contributed by atoms with Crippen LogP contribution in [-0.4, -0.2) is 53.3 Å². The molecule has 0 amide bonds. The van der Waals surface area contributed by atoms with Crippen LogP contribution in [0.2, 0.25) is 0 Å². The fraction of sp³-hybridized carbons (Fsp3) is 0.567. The molecule has 5 rings (SSSR count). The number of nitrogens with zero attached hydrogens (tertiary/aromatic N) is 4. The van der Waals surface area contributed by atoms with E-state index in [2.05, 4.69) is 41.5 Å². The van der Waals surface area contributed by atoms with Gasteiger partial charge in [-0.2, -0.15) is 0 Å². The molecule has 1 saturated heterocycles. The van der Waals surface area contributed by atoms with E-state index < -0.39 is 10.8 Å². The topological polar surface area (TPSA) is 101 Å². The van der Waals surface area contributed by atoms with Crippen LogP contribution in [0.3, 0.4) is 0 Å². The maximum absolute atomic E-state index is 12.8. The van der Waals surface area contributed by atoms with Crippen molar-refractivity contribution in [1.29, 1.82) is 0 Å². The second kappa shape index (κ2) is 11.6. The fourth-order valence-corrected chi connectivity index (χ4v) is 8.23. The van der Waals surface area contributed by atoms with Gasteiger partial charge in [-0.3, -0.25) is 13.9 Å². The van der Waals surface area contributed by atoms with E-state index in [9.17, 15) is 13.9 Å². The number of benzene rings is 2. The number of ether oxygens (including phenoxy) is 1. The average Bonchev–Trinajstić information content (AvgIpc) is 3.23. The number of rotatable bonds is 7. The SMILES string of the molecule is CCOC(=O)CC(c1ccc(C)c(CN2CC3CCCCC3CCS2(O)O)c1)c1ccc2c(nnn2C)c1C. The lowest BCUT2D eigenvalue weighted by Crippen LogP contribution is -2.33. The van der Waals surface area contributed by atoms with Gasteiger partial charge in [0.15, 0.2) is 0 Å². The number of carbonyl (C=O) groups is 1. The highest BCUT2D eigenvalue weighted by atomic mass is 32.3. The van der Waals surface area contributed by atoms with Crippen molar-refractivity contribution in [1.82, 2.24) is 19.3 Å². The molecule has 39 heavy (non-hydrogen) atoms.